The highest BCUT2D eigenvalue weighted by atomic mass is 127. The Bertz CT molecular complexity index is 1350. The van der Waals surface area contributed by atoms with Crippen molar-refractivity contribution in [2.24, 2.45) is 7.05 Å². The van der Waals surface area contributed by atoms with Gasteiger partial charge in [0.25, 0.3) is 5.56 Å². The van der Waals surface area contributed by atoms with Gasteiger partial charge >= 0.3 is 6.09 Å². The minimum atomic E-state index is -4.10. The van der Waals surface area contributed by atoms with Gasteiger partial charge in [0, 0.05) is 22.6 Å². The maximum atomic E-state index is 15.1. The summed E-state index contributed by atoms with van der Waals surface area (Å²) in [4.78, 5) is 38.2. The average molecular weight is 619 g/mol. The van der Waals surface area contributed by atoms with E-state index in [0.29, 0.717) is 22.7 Å². The van der Waals surface area contributed by atoms with Crippen molar-refractivity contribution in [1.29, 1.82) is 0 Å². The van der Waals surface area contributed by atoms with Gasteiger partial charge in [-0.25, -0.2) is 22.5 Å². The third-order valence-electron chi connectivity index (χ3n) is 5.58. The number of carbonyl (C=O) groups excluding carboxylic acids is 2. The molecule has 190 valence electrons. The molecule has 2 aromatic rings. The number of ether oxygens (including phenoxy) is 1. The Kier molecular flexibility index (Phi) is 7.38. The average Bonchev–Trinajstić information content (AvgIpc) is 3.50. The van der Waals surface area contributed by atoms with Crippen molar-refractivity contribution in [3.05, 3.63) is 49.6 Å². The molecule has 1 amide bonds. The fourth-order valence-electron chi connectivity index (χ4n) is 3.63. The van der Waals surface area contributed by atoms with E-state index in [9.17, 15) is 22.8 Å². The fraction of sp³-hybridized carbons (Fsp3) is 0.435. The molecule has 1 heterocycles. The predicted molar refractivity (Wildman–Crippen MR) is 139 cm³/mol. The van der Waals surface area contributed by atoms with Crippen LogP contribution in [-0.2, 0) is 26.6 Å². The van der Waals surface area contributed by atoms with Gasteiger partial charge in [-0.05, 0) is 87.4 Å². The number of carbonyl (C=O) groups is 2. The number of benzene rings is 1. The van der Waals surface area contributed by atoms with E-state index in [0.717, 1.165) is 9.47 Å². The molecule has 1 fully saturated rings. The Morgan fingerprint density at radius 3 is 2.46 bits per heavy atom. The Hall–Kier alpha value is -2.48. The summed E-state index contributed by atoms with van der Waals surface area (Å²) in [6, 6.07) is 5.40. The number of hydrogen-bond donors (Lipinski definition) is 1. The second-order valence-corrected chi connectivity index (χ2v) is 12.8. The van der Waals surface area contributed by atoms with Gasteiger partial charge in [-0.1, -0.05) is 0 Å². The van der Waals surface area contributed by atoms with E-state index in [1.54, 1.807) is 26.8 Å². The van der Waals surface area contributed by atoms with Crippen molar-refractivity contribution in [3.63, 3.8) is 0 Å². The SMILES string of the molecule is Cc1cc(NS(=O)(=O)C2(CC=O)CC2)c(N(C(=O)OC(C)(C)C)c2ccc(I)cc2F)n(C)c1=O. The number of anilines is 3. The van der Waals surface area contributed by atoms with Gasteiger partial charge in [-0.3, -0.25) is 14.1 Å². The molecule has 35 heavy (non-hydrogen) atoms. The highest BCUT2D eigenvalue weighted by molar-refractivity contribution is 14.1. The summed E-state index contributed by atoms with van der Waals surface area (Å²) in [5.41, 5.74) is -1.64. The summed E-state index contributed by atoms with van der Waals surface area (Å²) in [6.45, 7) is 6.37. The molecule has 1 aliphatic rings. The van der Waals surface area contributed by atoms with Crippen LogP contribution in [0.4, 0.5) is 26.4 Å². The van der Waals surface area contributed by atoms with Crippen LogP contribution in [0, 0.1) is 16.3 Å². The maximum Gasteiger partial charge on any atom is 0.420 e. The van der Waals surface area contributed by atoms with Crippen molar-refractivity contribution in [2.75, 3.05) is 9.62 Å². The lowest BCUT2D eigenvalue weighted by Gasteiger charge is -2.30. The minimum Gasteiger partial charge on any atom is -0.443 e. The van der Waals surface area contributed by atoms with Crippen LogP contribution in [0.15, 0.2) is 29.1 Å². The summed E-state index contributed by atoms with van der Waals surface area (Å²) >= 11 is 1.91. The first kappa shape index (κ1) is 27.1. The zero-order valence-corrected chi connectivity index (χ0v) is 23.0. The molecule has 0 spiro atoms. The zero-order chi connectivity index (χ0) is 26.3. The smallest absolute Gasteiger partial charge is 0.420 e. The van der Waals surface area contributed by atoms with Crippen LogP contribution in [0.25, 0.3) is 0 Å². The van der Waals surface area contributed by atoms with E-state index >= 15 is 4.39 Å². The van der Waals surface area contributed by atoms with Crippen LogP contribution in [0.1, 0.15) is 45.6 Å². The van der Waals surface area contributed by atoms with Crippen molar-refractivity contribution < 1.29 is 27.1 Å². The molecule has 0 bridgehead atoms. The molecule has 0 radical (unpaired) electrons. The number of hydrogen-bond acceptors (Lipinski definition) is 6. The maximum absolute atomic E-state index is 15.1. The Morgan fingerprint density at radius 1 is 1.31 bits per heavy atom. The molecular weight excluding hydrogens is 592 g/mol. The molecule has 0 atom stereocenters. The minimum absolute atomic E-state index is 0.120. The van der Waals surface area contributed by atoms with Crippen LogP contribution in [0.5, 0.6) is 0 Å². The predicted octanol–water partition coefficient (Wildman–Crippen LogP) is 4.37. The number of aldehydes is 1. The van der Waals surface area contributed by atoms with Crippen LogP contribution < -0.4 is 15.2 Å². The van der Waals surface area contributed by atoms with E-state index in [-0.39, 0.29) is 29.2 Å². The third-order valence-corrected chi connectivity index (χ3v) is 8.45. The summed E-state index contributed by atoms with van der Waals surface area (Å²) in [5.74, 6) is -0.996. The van der Waals surface area contributed by atoms with Gasteiger partial charge in [0.1, 0.15) is 23.5 Å². The lowest BCUT2D eigenvalue weighted by atomic mass is 10.2. The molecule has 9 nitrogen and oxygen atoms in total. The first-order valence-corrected chi connectivity index (χ1v) is 13.3. The summed E-state index contributed by atoms with van der Waals surface area (Å²) in [6.07, 6.45) is -0.0616. The molecule has 0 unspecified atom stereocenters. The number of sulfonamides is 1. The first-order valence-electron chi connectivity index (χ1n) is 10.8. The quantitative estimate of drug-likeness (QED) is 0.364. The molecule has 1 aromatic carbocycles. The number of aromatic nitrogens is 1. The summed E-state index contributed by atoms with van der Waals surface area (Å²) < 4.78 is 49.9. The normalized spacial score (nSPS) is 14.8. The third kappa shape index (κ3) is 5.52. The lowest BCUT2D eigenvalue weighted by Crippen LogP contribution is -2.39. The summed E-state index contributed by atoms with van der Waals surface area (Å²) in [5, 5.41) is 0. The topological polar surface area (TPSA) is 115 Å². The van der Waals surface area contributed by atoms with Gasteiger partial charge < -0.3 is 9.53 Å². The van der Waals surface area contributed by atoms with Crippen molar-refractivity contribution in [2.45, 2.75) is 57.3 Å². The van der Waals surface area contributed by atoms with Gasteiger partial charge in [-0.2, -0.15) is 0 Å². The molecule has 1 aromatic heterocycles. The van der Waals surface area contributed by atoms with Crippen LogP contribution in [0.2, 0.25) is 0 Å². The van der Waals surface area contributed by atoms with Gasteiger partial charge in [0.05, 0.1) is 16.1 Å². The fourth-order valence-corrected chi connectivity index (χ4v) is 5.66. The van der Waals surface area contributed by atoms with Crippen LogP contribution >= 0.6 is 22.6 Å². The summed E-state index contributed by atoms with van der Waals surface area (Å²) in [7, 11) is -2.75. The molecular formula is C23H27FIN3O6S. The first-order chi connectivity index (χ1) is 16.1. The van der Waals surface area contributed by atoms with E-state index in [1.165, 1.54) is 32.2 Å². The monoisotopic (exact) mass is 619 g/mol. The Labute approximate surface area is 216 Å². The largest absolute Gasteiger partial charge is 0.443 e. The number of rotatable bonds is 7. The molecule has 1 aliphatic carbocycles. The molecule has 0 aliphatic heterocycles. The van der Waals surface area contributed by atoms with Crippen molar-refractivity contribution in [1.82, 2.24) is 4.57 Å². The molecule has 3 rings (SSSR count). The van der Waals surface area contributed by atoms with Gasteiger partial charge in [0.15, 0.2) is 0 Å². The number of nitrogens with one attached hydrogen (secondary N) is 1. The van der Waals surface area contributed by atoms with Crippen LogP contribution in [-0.4, -0.2) is 35.7 Å². The zero-order valence-electron chi connectivity index (χ0n) is 20.0. The van der Waals surface area contributed by atoms with E-state index < -0.39 is 37.8 Å². The highest BCUT2D eigenvalue weighted by Gasteiger charge is 2.54. The van der Waals surface area contributed by atoms with Crippen molar-refractivity contribution in [3.8, 4) is 0 Å². The van der Waals surface area contributed by atoms with E-state index in [4.69, 9.17) is 4.74 Å². The second kappa shape index (κ2) is 9.52. The second-order valence-electron chi connectivity index (χ2n) is 9.50. The van der Waals surface area contributed by atoms with Gasteiger partial charge in [0.2, 0.25) is 10.0 Å². The lowest BCUT2D eigenvalue weighted by molar-refractivity contribution is -0.108. The van der Waals surface area contributed by atoms with Crippen molar-refractivity contribution >= 4 is 62.2 Å². The van der Waals surface area contributed by atoms with Crippen LogP contribution in [0.3, 0.4) is 0 Å². The van der Waals surface area contributed by atoms with E-state index in [2.05, 4.69) is 4.72 Å². The van der Waals surface area contributed by atoms with E-state index in [1.807, 2.05) is 22.6 Å². The number of nitrogens with zero attached hydrogens (tertiary/aromatic N) is 2. The Balaban J connectivity index is 2.28. The number of pyridine rings is 1. The standard InChI is InChI=1S/C23H27FIN3O6S/c1-14-12-17(26-35(32,33)23(8-9-23)10-11-29)19(27(5)20(14)30)28(21(31)34-22(2,3)4)18-7-6-15(25)13-16(18)24/h6-7,11-13,26H,8-10H2,1-5H3. The Morgan fingerprint density at radius 2 is 1.94 bits per heavy atom. The number of aryl methyl sites for hydroxylation is 1. The molecule has 1 N–H and O–H groups in total. The molecule has 1 saturated carbocycles. The van der Waals surface area contributed by atoms with Gasteiger partial charge in [-0.15, -0.1) is 0 Å². The molecule has 0 saturated heterocycles. The highest BCUT2D eigenvalue weighted by Crippen LogP contribution is 2.47. The molecule has 12 heteroatoms. The number of halogens is 2. The number of amides is 1.